The van der Waals surface area contributed by atoms with Crippen LogP contribution in [0.1, 0.15) is 49.5 Å². The van der Waals surface area contributed by atoms with E-state index in [4.69, 9.17) is 0 Å². The topological polar surface area (TPSA) is 63.1 Å². The van der Waals surface area contributed by atoms with Gasteiger partial charge in [0.25, 0.3) is 5.91 Å². The molecule has 31 heavy (non-hydrogen) atoms. The van der Waals surface area contributed by atoms with Gasteiger partial charge in [-0.3, -0.25) is 14.3 Å². The Morgan fingerprint density at radius 3 is 2.68 bits per heavy atom. The van der Waals surface area contributed by atoms with Crippen LogP contribution in [-0.4, -0.2) is 51.5 Å². The highest BCUT2D eigenvalue weighted by atomic mass is 16.1. The second kappa shape index (κ2) is 10.4. The van der Waals surface area contributed by atoms with Crippen molar-refractivity contribution in [1.29, 1.82) is 0 Å². The molecule has 3 aromatic rings. The van der Waals surface area contributed by atoms with Crippen LogP contribution in [0.4, 0.5) is 0 Å². The Hall–Kier alpha value is -2.99. The van der Waals surface area contributed by atoms with E-state index in [9.17, 15) is 4.79 Å². The minimum atomic E-state index is -0.0771. The van der Waals surface area contributed by atoms with Crippen molar-refractivity contribution in [1.82, 2.24) is 24.8 Å². The number of hydrogen-bond acceptors (Lipinski definition) is 4. The molecule has 0 aliphatic heterocycles. The molecule has 0 bridgehead atoms. The molecular formula is C25H33N5O. The van der Waals surface area contributed by atoms with Gasteiger partial charge in [-0.1, -0.05) is 37.1 Å². The van der Waals surface area contributed by atoms with Crippen LogP contribution in [0.2, 0.25) is 0 Å². The lowest BCUT2D eigenvalue weighted by Gasteiger charge is -2.29. The van der Waals surface area contributed by atoms with Crippen LogP contribution >= 0.6 is 0 Å². The first-order valence-corrected chi connectivity index (χ1v) is 11.0. The number of aryl methyl sites for hydroxylation is 1. The number of likely N-dealkylation sites (N-methyl/N-ethyl adjacent to an activating group) is 1. The summed E-state index contributed by atoms with van der Waals surface area (Å²) in [5.41, 5.74) is 3.89. The van der Waals surface area contributed by atoms with E-state index in [0.29, 0.717) is 18.1 Å². The maximum Gasteiger partial charge on any atom is 0.253 e. The van der Waals surface area contributed by atoms with Gasteiger partial charge in [0, 0.05) is 36.6 Å². The molecule has 1 amide bonds. The predicted molar refractivity (Wildman–Crippen MR) is 127 cm³/mol. The summed E-state index contributed by atoms with van der Waals surface area (Å²) < 4.78 is 1.89. The Labute approximate surface area is 185 Å². The average Bonchev–Trinajstić information content (AvgIpc) is 3.19. The number of unbranched alkanes of at least 4 members (excludes halogenated alkanes) is 1. The first-order valence-electron chi connectivity index (χ1n) is 11.0. The van der Waals surface area contributed by atoms with Crippen LogP contribution < -0.4 is 5.32 Å². The summed E-state index contributed by atoms with van der Waals surface area (Å²) in [5, 5.41) is 4.12. The van der Waals surface area contributed by atoms with Gasteiger partial charge >= 0.3 is 0 Å². The number of rotatable bonds is 9. The molecule has 0 aliphatic rings. The van der Waals surface area contributed by atoms with E-state index in [1.54, 1.807) is 18.5 Å². The highest BCUT2D eigenvalue weighted by Crippen LogP contribution is 2.26. The Morgan fingerprint density at radius 1 is 1.26 bits per heavy atom. The minimum Gasteiger partial charge on any atom is -0.350 e. The highest BCUT2D eigenvalue weighted by Gasteiger charge is 2.21. The maximum atomic E-state index is 13.3. The Morgan fingerprint density at radius 2 is 2.00 bits per heavy atom. The molecule has 3 rings (SSSR count). The minimum absolute atomic E-state index is 0.0771. The molecule has 2 heterocycles. The van der Waals surface area contributed by atoms with E-state index in [1.165, 1.54) is 5.57 Å². The van der Waals surface area contributed by atoms with Crippen molar-refractivity contribution in [2.24, 2.45) is 0 Å². The van der Waals surface area contributed by atoms with Gasteiger partial charge in [-0.15, -0.1) is 0 Å². The van der Waals surface area contributed by atoms with Gasteiger partial charge in [0.15, 0.2) is 0 Å². The number of aromatic nitrogens is 3. The number of fused-ring (bicyclic) bond motifs is 1. The van der Waals surface area contributed by atoms with Crippen LogP contribution in [0.25, 0.3) is 16.9 Å². The molecule has 1 aromatic carbocycles. The summed E-state index contributed by atoms with van der Waals surface area (Å²) >= 11 is 0. The van der Waals surface area contributed by atoms with E-state index >= 15 is 0 Å². The Bertz CT molecular complexity index is 1050. The van der Waals surface area contributed by atoms with Crippen molar-refractivity contribution in [2.75, 3.05) is 20.1 Å². The third-order valence-electron chi connectivity index (χ3n) is 5.88. The Kier molecular flexibility index (Phi) is 7.58. The smallest absolute Gasteiger partial charge is 0.253 e. The van der Waals surface area contributed by atoms with E-state index in [-0.39, 0.29) is 11.9 Å². The molecule has 0 fully saturated rings. The third-order valence-corrected chi connectivity index (χ3v) is 5.88. The summed E-state index contributed by atoms with van der Waals surface area (Å²) in [5.74, 6) is 0.478. The number of nitrogens with zero attached hydrogens (tertiary/aromatic N) is 4. The average molecular weight is 420 g/mol. The zero-order chi connectivity index (χ0) is 22.4. The standard InChI is InChI=1S/C25H33N5O/c1-6-8-15-29(5)22(18(3)7-2)16-28-24(31)20-17-30(25-26-13-10-14-27-25)21-12-9-11-19(4)23(20)21/h7,9-14,17,22H,6,8,15-16H2,1-5H3,(H,28,31). The van der Waals surface area contributed by atoms with Crippen LogP contribution in [0.5, 0.6) is 0 Å². The SMILES string of the molecule is CC=C(C)C(CNC(=O)c1cn(-c2ncccn2)c2cccc(C)c12)N(C)CCCC. The van der Waals surface area contributed by atoms with Gasteiger partial charge in [0.1, 0.15) is 0 Å². The molecule has 6 heteroatoms. The molecule has 1 atom stereocenters. The molecule has 0 saturated carbocycles. The molecule has 0 radical (unpaired) electrons. The fourth-order valence-corrected chi connectivity index (χ4v) is 3.92. The molecule has 6 nitrogen and oxygen atoms in total. The van der Waals surface area contributed by atoms with E-state index in [2.05, 4.69) is 54.1 Å². The second-order valence-electron chi connectivity index (χ2n) is 8.02. The first kappa shape index (κ1) is 22.7. The largest absolute Gasteiger partial charge is 0.350 e. The number of amides is 1. The second-order valence-corrected chi connectivity index (χ2v) is 8.02. The van der Waals surface area contributed by atoms with Gasteiger partial charge in [-0.2, -0.15) is 0 Å². The molecule has 2 aromatic heterocycles. The summed E-state index contributed by atoms with van der Waals surface area (Å²) in [6.45, 7) is 9.97. The molecule has 1 unspecified atom stereocenters. The molecule has 1 N–H and O–H groups in total. The highest BCUT2D eigenvalue weighted by molar-refractivity contribution is 6.08. The zero-order valence-corrected chi connectivity index (χ0v) is 19.2. The van der Waals surface area contributed by atoms with Gasteiger partial charge in [-0.05, 0) is 58.5 Å². The van der Waals surface area contributed by atoms with Crippen LogP contribution in [0.15, 0.2) is 54.5 Å². The van der Waals surface area contributed by atoms with Crippen LogP contribution in [0, 0.1) is 6.92 Å². The molecule has 164 valence electrons. The Balaban J connectivity index is 1.90. The quantitative estimate of drug-likeness (QED) is 0.518. The van der Waals surface area contributed by atoms with Gasteiger partial charge < -0.3 is 5.32 Å². The van der Waals surface area contributed by atoms with Crippen molar-refractivity contribution < 1.29 is 4.79 Å². The lowest BCUT2D eigenvalue weighted by Crippen LogP contribution is -2.43. The van der Waals surface area contributed by atoms with Gasteiger partial charge in [0.05, 0.1) is 11.1 Å². The normalized spacial score (nSPS) is 13.0. The summed E-state index contributed by atoms with van der Waals surface area (Å²) in [6, 6.07) is 7.98. The summed E-state index contributed by atoms with van der Waals surface area (Å²) in [6.07, 6.45) is 9.68. The third kappa shape index (κ3) is 5.02. The predicted octanol–water partition coefficient (Wildman–Crippen LogP) is 4.53. The number of benzene rings is 1. The molecule has 0 spiro atoms. The monoisotopic (exact) mass is 419 g/mol. The van der Waals surface area contributed by atoms with Crippen molar-refractivity contribution in [2.45, 2.75) is 46.6 Å². The van der Waals surface area contributed by atoms with Gasteiger partial charge in [0.2, 0.25) is 5.95 Å². The van der Waals surface area contributed by atoms with Crippen molar-refractivity contribution in [3.8, 4) is 5.95 Å². The van der Waals surface area contributed by atoms with E-state index < -0.39 is 0 Å². The fourth-order valence-electron chi connectivity index (χ4n) is 3.92. The number of nitrogens with one attached hydrogen (secondary N) is 1. The lowest BCUT2D eigenvalue weighted by molar-refractivity contribution is 0.0944. The van der Waals surface area contributed by atoms with Crippen LogP contribution in [-0.2, 0) is 0 Å². The van der Waals surface area contributed by atoms with Crippen molar-refractivity contribution in [3.05, 3.63) is 65.6 Å². The van der Waals surface area contributed by atoms with E-state index in [1.807, 2.05) is 35.9 Å². The maximum absolute atomic E-state index is 13.3. The molecular weight excluding hydrogens is 386 g/mol. The number of hydrogen-bond donors (Lipinski definition) is 1. The zero-order valence-electron chi connectivity index (χ0n) is 19.2. The number of carbonyl (C=O) groups is 1. The summed E-state index contributed by atoms with van der Waals surface area (Å²) in [4.78, 5) is 24.4. The first-order chi connectivity index (χ1) is 15.0. The molecule has 0 aliphatic carbocycles. The van der Waals surface area contributed by atoms with Gasteiger partial charge in [-0.25, -0.2) is 9.97 Å². The van der Waals surface area contributed by atoms with E-state index in [0.717, 1.165) is 35.9 Å². The fraction of sp³-hybridized carbons (Fsp3) is 0.400. The lowest BCUT2D eigenvalue weighted by atomic mass is 10.1. The van der Waals surface area contributed by atoms with Crippen molar-refractivity contribution in [3.63, 3.8) is 0 Å². The van der Waals surface area contributed by atoms with Crippen LogP contribution in [0.3, 0.4) is 0 Å². The number of carbonyl (C=O) groups excluding carboxylic acids is 1. The number of allylic oxidation sites excluding steroid dienone is 1. The van der Waals surface area contributed by atoms with Crippen molar-refractivity contribution >= 4 is 16.8 Å². The summed E-state index contributed by atoms with van der Waals surface area (Å²) in [7, 11) is 2.13. The molecule has 0 saturated heterocycles.